The zero-order valence-corrected chi connectivity index (χ0v) is 19.4. The number of ether oxygens (including phenoxy) is 1. The smallest absolute Gasteiger partial charge is 0.251 e. The highest BCUT2D eigenvalue weighted by Crippen LogP contribution is 2.24. The quantitative estimate of drug-likeness (QED) is 0.707. The maximum atomic E-state index is 13.1. The zero-order chi connectivity index (χ0) is 22.6. The number of nitrogens with zero attached hydrogens (tertiary/aromatic N) is 1. The van der Waals surface area contributed by atoms with Crippen molar-refractivity contribution >= 4 is 15.9 Å². The molecule has 31 heavy (non-hydrogen) atoms. The van der Waals surface area contributed by atoms with Crippen molar-refractivity contribution in [2.75, 3.05) is 19.6 Å². The summed E-state index contributed by atoms with van der Waals surface area (Å²) in [6, 6.07) is 16.4. The van der Waals surface area contributed by atoms with E-state index < -0.39 is 10.0 Å². The highest BCUT2D eigenvalue weighted by Gasteiger charge is 2.32. The fourth-order valence-electron chi connectivity index (χ4n) is 4.02. The maximum Gasteiger partial charge on any atom is 0.251 e. The Hall–Kier alpha value is -2.22. The van der Waals surface area contributed by atoms with Gasteiger partial charge < -0.3 is 10.1 Å². The highest BCUT2D eigenvalue weighted by molar-refractivity contribution is 7.89. The molecular weight excluding hydrogens is 412 g/mol. The Labute approximate surface area is 185 Å². The van der Waals surface area contributed by atoms with Crippen LogP contribution in [-0.4, -0.2) is 50.5 Å². The fourth-order valence-corrected chi connectivity index (χ4v) is 5.65. The summed E-state index contributed by atoms with van der Waals surface area (Å²) in [5, 5.41) is 2.98. The number of morpholine rings is 1. The lowest BCUT2D eigenvalue weighted by Crippen LogP contribution is -2.48. The molecule has 3 rings (SSSR count). The maximum absolute atomic E-state index is 13.1. The van der Waals surface area contributed by atoms with Crippen molar-refractivity contribution in [1.82, 2.24) is 9.62 Å². The highest BCUT2D eigenvalue weighted by atomic mass is 32.2. The molecule has 2 aromatic carbocycles. The van der Waals surface area contributed by atoms with Gasteiger partial charge in [-0.25, -0.2) is 8.42 Å². The molecule has 1 saturated heterocycles. The number of hydrogen-bond acceptors (Lipinski definition) is 4. The molecule has 1 amide bonds. The summed E-state index contributed by atoms with van der Waals surface area (Å²) in [5.41, 5.74) is 1.51. The van der Waals surface area contributed by atoms with Crippen LogP contribution < -0.4 is 5.32 Å². The number of benzene rings is 2. The molecule has 0 aliphatic carbocycles. The minimum atomic E-state index is -3.70. The third kappa shape index (κ3) is 5.73. The molecule has 2 aromatic rings. The molecule has 0 radical (unpaired) electrons. The second-order valence-corrected chi connectivity index (χ2v) is 10.5. The summed E-state index contributed by atoms with van der Waals surface area (Å²) in [5.74, 6) is 0.246. The van der Waals surface area contributed by atoms with Gasteiger partial charge in [0.05, 0.1) is 17.1 Å². The van der Waals surface area contributed by atoms with E-state index in [-0.39, 0.29) is 28.9 Å². The second kappa shape index (κ2) is 9.94. The average Bonchev–Trinajstić information content (AvgIpc) is 2.73. The number of rotatable bonds is 7. The average molecular weight is 445 g/mol. The summed E-state index contributed by atoms with van der Waals surface area (Å²) in [6.07, 6.45) is -0.341. The van der Waals surface area contributed by atoms with Gasteiger partial charge in [-0.15, -0.1) is 0 Å². The molecule has 3 atom stereocenters. The molecule has 0 bridgehead atoms. The van der Waals surface area contributed by atoms with E-state index in [1.807, 2.05) is 32.0 Å². The summed E-state index contributed by atoms with van der Waals surface area (Å²) in [7, 11) is -3.70. The van der Waals surface area contributed by atoms with Crippen molar-refractivity contribution in [3.63, 3.8) is 0 Å². The SMILES string of the molecule is CC1CN(S(=O)(=O)c2cccc(C(=O)NCC(c3ccccc3)C(C)C)c2)CC(C)O1. The van der Waals surface area contributed by atoms with Crippen LogP contribution in [-0.2, 0) is 14.8 Å². The Balaban J connectivity index is 1.74. The van der Waals surface area contributed by atoms with Crippen LogP contribution in [0.2, 0.25) is 0 Å². The molecule has 1 aliphatic heterocycles. The van der Waals surface area contributed by atoms with E-state index in [1.165, 1.54) is 22.0 Å². The number of nitrogens with one attached hydrogen (secondary N) is 1. The third-order valence-electron chi connectivity index (χ3n) is 5.64. The van der Waals surface area contributed by atoms with Crippen molar-refractivity contribution in [1.29, 1.82) is 0 Å². The van der Waals surface area contributed by atoms with Crippen LogP contribution in [0.5, 0.6) is 0 Å². The normalized spacial score (nSPS) is 21.1. The Kier molecular flexibility index (Phi) is 7.51. The first-order valence-electron chi connectivity index (χ1n) is 10.8. The summed E-state index contributed by atoms with van der Waals surface area (Å²) >= 11 is 0. The van der Waals surface area contributed by atoms with Gasteiger partial charge in [0.2, 0.25) is 10.0 Å². The summed E-state index contributed by atoms with van der Waals surface area (Å²) in [4.78, 5) is 13.0. The fraction of sp³-hybridized carbons (Fsp3) is 0.458. The summed E-state index contributed by atoms with van der Waals surface area (Å²) < 4.78 is 33.4. The van der Waals surface area contributed by atoms with Crippen LogP contribution in [0.3, 0.4) is 0 Å². The third-order valence-corrected chi connectivity index (χ3v) is 7.46. The first kappa shape index (κ1) is 23.4. The first-order valence-corrected chi connectivity index (χ1v) is 12.2. The summed E-state index contributed by atoms with van der Waals surface area (Å²) in [6.45, 7) is 9.06. The van der Waals surface area contributed by atoms with Crippen molar-refractivity contribution in [2.45, 2.75) is 50.7 Å². The first-order chi connectivity index (χ1) is 14.7. The van der Waals surface area contributed by atoms with E-state index in [0.717, 1.165) is 0 Å². The minimum Gasteiger partial charge on any atom is -0.373 e. The molecule has 1 aliphatic rings. The molecule has 3 unspecified atom stereocenters. The predicted molar refractivity (Wildman–Crippen MR) is 122 cm³/mol. The number of carbonyl (C=O) groups is 1. The van der Waals surface area contributed by atoms with Gasteiger partial charge in [-0.05, 0) is 43.5 Å². The Morgan fingerprint density at radius 1 is 1.06 bits per heavy atom. The van der Waals surface area contributed by atoms with Crippen LogP contribution in [0.25, 0.3) is 0 Å². The molecule has 0 spiro atoms. The largest absolute Gasteiger partial charge is 0.373 e. The van der Waals surface area contributed by atoms with Crippen molar-refractivity contribution in [2.24, 2.45) is 5.92 Å². The predicted octanol–water partition coefficient (Wildman–Crippen LogP) is 3.65. The monoisotopic (exact) mass is 444 g/mol. The lowest BCUT2D eigenvalue weighted by atomic mass is 9.88. The van der Waals surface area contributed by atoms with E-state index in [4.69, 9.17) is 4.74 Å². The van der Waals surface area contributed by atoms with Crippen LogP contribution in [0.1, 0.15) is 49.5 Å². The van der Waals surface area contributed by atoms with Gasteiger partial charge in [-0.2, -0.15) is 4.31 Å². The topological polar surface area (TPSA) is 75.7 Å². The zero-order valence-electron chi connectivity index (χ0n) is 18.6. The molecule has 1 N–H and O–H groups in total. The standard InChI is InChI=1S/C24H32N2O4S/c1-17(2)23(20-9-6-5-7-10-20)14-25-24(27)21-11-8-12-22(13-21)31(28,29)26-15-18(3)30-19(4)16-26/h5-13,17-19,23H,14-16H2,1-4H3,(H,25,27). The molecule has 0 aromatic heterocycles. The van der Waals surface area contributed by atoms with Gasteiger partial charge >= 0.3 is 0 Å². The van der Waals surface area contributed by atoms with Crippen LogP contribution in [0, 0.1) is 5.92 Å². The molecule has 1 fully saturated rings. The Bertz CT molecular complexity index is 982. The number of carbonyl (C=O) groups excluding carboxylic acids is 1. The number of amides is 1. The lowest BCUT2D eigenvalue weighted by molar-refractivity contribution is -0.0440. The van der Waals surface area contributed by atoms with E-state index in [0.29, 0.717) is 31.1 Å². The van der Waals surface area contributed by atoms with Gasteiger partial charge in [-0.1, -0.05) is 50.2 Å². The van der Waals surface area contributed by atoms with Gasteiger partial charge in [0.25, 0.3) is 5.91 Å². The van der Waals surface area contributed by atoms with Crippen LogP contribution in [0.4, 0.5) is 0 Å². The Morgan fingerprint density at radius 2 is 1.71 bits per heavy atom. The molecule has 168 valence electrons. The number of hydrogen-bond donors (Lipinski definition) is 1. The molecule has 7 heteroatoms. The number of sulfonamides is 1. The van der Waals surface area contributed by atoms with E-state index in [9.17, 15) is 13.2 Å². The van der Waals surface area contributed by atoms with E-state index >= 15 is 0 Å². The van der Waals surface area contributed by atoms with Crippen molar-refractivity contribution in [3.05, 3.63) is 65.7 Å². The van der Waals surface area contributed by atoms with Crippen molar-refractivity contribution < 1.29 is 17.9 Å². The van der Waals surface area contributed by atoms with Gasteiger partial charge in [0.15, 0.2) is 0 Å². The van der Waals surface area contributed by atoms with E-state index in [2.05, 4.69) is 31.3 Å². The van der Waals surface area contributed by atoms with Crippen molar-refractivity contribution in [3.8, 4) is 0 Å². The lowest BCUT2D eigenvalue weighted by Gasteiger charge is -2.34. The van der Waals surface area contributed by atoms with Gasteiger partial charge in [-0.3, -0.25) is 4.79 Å². The molecular formula is C24H32N2O4S. The minimum absolute atomic E-state index is 0.130. The van der Waals surface area contributed by atoms with Crippen LogP contribution in [0.15, 0.2) is 59.5 Å². The molecule has 0 saturated carbocycles. The molecule has 6 nitrogen and oxygen atoms in total. The Morgan fingerprint density at radius 3 is 2.32 bits per heavy atom. The van der Waals surface area contributed by atoms with E-state index in [1.54, 1.807) is 12.1 Å². The second-order valence-electron chi connectivity index (χ2n) is 8.58. The van der Waals surface area contributed by atoms with Crippen LogP contribution >= 0.6 is 0 Å². The molecule has 1 heterocycles. The van der Waals surface area contributed by atoms with Gasteiger partial charge in [0, 0.05) is 31.1 Å². The van der Waals surface area contributed by atoms with Gasteiger partial charge in [0.1, 0.15) is 0 Å².